The summed E-state index contributed by atoms with van der Waals surface area (Å²) >= 11 is 12.8. The third-order valence-electron chi connectivity index (χ3n) is 9.23. The summed E-state index contributed by atoms with van der Waals surface area (Å²) in [5.41, 5.74) is 0.387. The molecule has 0 aromatic heterocycles. The number of hydrogen-bond acceptors (Lipinski definition) is 5. The summed E-state index contributed by atoms with van der Waals surface area (Å²) in [4.78, 5) is 33.5. The molecule has 1 unspecified atom stereocenters. The Labute approximate surface area is 254 Å². The van der Waals surface area contributed by atoms with Gasteiger partial charge in [-0.15, -0.1) is 0 Å². The molecule has 2 aromatic carbocycles. The number of carbonyl (C=O) groups is 2. The van der Waals surface area contributed by atoms with E-state index in [1.165, 1.54) is 0 Å². The third kappa shape index (κ3) is 6.30. The minimum Gasteiger partial charge on any atom is -0.367 e. The molecule has 0 bridgehead atoms. The quantitative estimate of drug-likeness (QED) is 0.473. The Kier molecular flexibility index (Phi) is 9.61. The number of halogens is 2. The van der Waals surface area contributed by atoms with Crippen molar-refractivity contribution >= 4 is 35.0 Å². The van der Waals surface area contributed by atoms with Crippen LogP contribution < -0.4 is 5.32 Å². The zero-order valence-corrected chi connectivity index (χ0v) is 25.7. The lowest BCUT2D eigenvalue weighted by atomic mass is 9.79. The highest BCUT2D eigenvalue weighted by Gasteiger charge is 2.49. The highest BCUT2D eigenvalue weighted by atomic mass is 35.5. The average Bonchev–Trinajstić information content (AvgIpc) is 3.01. The zero-order valence-electron chi connectivity index (χ0n) is 24.2. The van der Waals surface area contributed by atoms with E-state index in [0.29, 0.717) is 41.7 Å². The molecular formula is C32H42Cl2N4O3. The van der Waals surface area contributed by atoms with Gasteiger partial charge in [-0.25, -0.2) is 0 Å². The number of nitrogens with one attached hydrogen (secondary N) is 1. The van der Waals surface area contributed by atoms with Crippen LogP contribution in [-0.2, 0) is 15.1 Å². The number of likely N-dealkylation sites (N-methyl/N-ethyl adjacent to an activating group) is 1. The number of morpholine rings is 1. The minimum absolute atomic E-state index is 0.00265. The van der Waals surface area contributed by atoms with Crippen molar-refractivity contribution in [2.45, 2.75) is 62.1 Å². The van der Waals surface area contributed by atoms with Crippen LogP contribution in [-0.4, -0.2) is 91.5 Å². The van der Waals surface area contributed by atoms with Gasteiger partial charge in [-0.2, -0.15) is 0 Å². The smallest absolute Gasteiger partial charge is 0.254 e. The molecule has 0 spiro atoms. The number of hydrogen-bond donors (Lipinski definition) is 1. The molecular weight excluding hydrogens is 559 g/mol. The highest BCUT2D eigenvalue weighted by Crippen LogP contribution is 2.41. The Morgan fingerprint density at radius 3 is 2.49 bits per heavy atom. The van der Waals surface area contributed by atoms with Crippen LogP contribution in [0.15, 0.2) is 48.5 Å². The SMILES string of the molecule is CN(C)C(=O)C1(N2CCCC[C@@H]2CCC2(c3ccc(Cl)c(Cl)c3)CN(C(=O)c3ccccc3)CCO2)CCNCC1. The molecule has 7 nitrogen and oxygen atoms in total. The molecule has 3 aliphatic heterocycles. The van der Waals surface area contributed by atoms with Gasteiger partial charge in [0.05, 0.1) is 23.2 Å². The first-order valence-corrected chi connectivity index (χ1v) is 15.6. The lowest BCUT2D eigenvalue weighted by Crippen LogP contribution is -2.66. The van der Waals surface area contributed by atoms with Gasteiger partial charge in [0.15, 0.2) is 0 Å². The monoisotopic (exact) mass is 600 g/mol. The second kappa shape index (κ2) is 13.0. The maximum absolute atomic E-state index is 13.7. The molecule has 0 radical (unpaired) electrons. The molecule has 0 saturated carbocycles. The normalized spacial score (nSPS) is 25.1. The Balaban J connectivity index is 1.44. The van der Waals surface area contributed by atoms with Gasteiger partial charge in [-0.3, -0.25) is 14.5 Å². The van der Waals surface area contributed by atoms with Gasteiger partial charge in [0.1, 0.15) is 11.1 Å². The molecule has 222 valence electrons. The van der Waals surface area contributed by atoms with E-state index in [4.69, 9.17) is 27.9 Å². The summed E-state index contributed by atoms with van der Waals surface area (Å²) in [6.07, 6.45) is 6.46. The molecule has 3 saturated heterocycles. The number of nitrogens with zero attached hydrogens (tertiary/aromatic N) is 3. The summed E-state index contributed by atoms with van der Waals surface area (Å²) in [5.74, 6) is 0.210. The molecule has 2 atom stereocenters. The van der Waals surface area contributed by atoms with E-state index < -0.39 is 11.1 Å². The van der Waals surface area contributed by atoms with Crippen LogP contribution in [0.1, 0.15) is 60.9 Å². The summed E-state index contributed by atoms with van der Waals surface area (Å²) in [7, 11) is 3.75. The molecule has 2 aromatic rings. The number of amides is 2. The topological polar surface area (TPSA) is 65.1 Å². The van der Waals surface area contributed by atoms with Gasteiger partial charge in [-0.05, 0) is 88.0 Å². The molecule has 2 amide bonds. The standard InChI is InChI=1S/C32H42Cl2N4O3/c1-36(2)30(40)31(15-17-35-18-16-31)38-19-7-6-10-26(38)13-14-32(25-11-12-27(33)28(34)22-25)23-37(20-21-41-32)29(39)24-8-4-3-5-9-24/h3-5,8-9,11-12,22,26,35H,6-7,10,13-21,23H2,1-2H3/t26-,32?/m1/s1. The predicted octanol–water partition coefficient (Wildman–Crippen LogP) is 5.21. The lowest BCUT2D eigenvalue weighted by molar-refractivity contribution is -0.149. The number of carbonyl (C=O) groups excluding carboxylic acids is 2. The number of ether oxygens (including phenoxy) is 1. The van der Waals surface area contributed by atoms with Gasteiger partial charge < -0.3 is 19.9 Å². The zero-order chi connectivity index (χ0) is 29.0. The molecule has 3 heterocycles. The van der Waals surface area contributed by atoms with Crippen molar-refractivity contribution in [3.8, 4) is 0 Å². The van der Waals surface area contributed by atoms with Crippen LogP contribution >= 0.6 is 23.2 Å². The van der Waals surface area contributed by atoms with E-state index in [1.54, 1.807) is 4.90 Å². The van der Waals surface area contributed by atoms with Crippen molar-refractivity contribution in [3.05, 3.63) is 69.7 Å². The summed E-state index contributed by atoms with van der Waals surface area (Å²) in [5, 5.41) is 4.43. The van der Waals surface area contributed by atoms with Crippen molar-refractivity contribution < 1.29 is 14.3 Å². The second-order valence-electron chi connectivity index (χ2n) is 11.9. The number of likely N-dealkylation sites (tertiary alicyclic amines) is 1. The Bertz CT molecular complexity index is 1220. The maximum Gasteiger partial charge on any atom is 0.254 e. The van der Waals surface area contributed by atoms with Crippen LogP contribution in [0.25, 0.3) is 0 Å². The Morgan fingerprint density at radius 2 is 1.78 bits per heavy atom. The van der Waals surface area contributed by atoms with Gasteiger partial charge >= 0.3 is 0 Å². The van der Waals surface area contributed by atoms with Gasteiger partial charge in [-0.1, -0.05) is 53.9 Å². The first-order chi connectivity index (χ1) is 19.8. The van der Waals surface area contributed by atoms with E-state index in [0.717, 1.165) is 63.7 Å². The largest absolute Gasteiger partial charge is 0.367 e. The van der Waals surface area contributed by atoms with Crippen molar-refractivity contribution in [1.82, 2.24) is 20.0 Å². The van der Waals surface area contributed by atoms with Crippen molar-refractivity contribution in [3.63, 3.8) is 0 Å². The minimum atomic E-state index is -0.729. The van der Waals surface area contributed by atoms with Crippen LogP contribution in [0.3, 0.4) is 0 Å². The van der Waals surface area contributed by atoms with Gasteiger partial charge in [0.2, 0.25) is 5.91 Å². The second-order valence-corrected chi connectivity index (χ2v) is 12.7. The van der Waals surface area contributed by atoms with Gasteiger partial charge in [0, 0.05) is 32.2 Å². The van der Waals surface area contributed by atoms with E-state index >= 15 is 0 Å². The molecule has 3 fully saturated rings. The summed E-state index contributed by atoms with van der Waals surface area (Å²) in [6.45, 7) is 3.99. The molecule has 1 N–H and O–H groups in total. The van der Waals surface area contributed by atoms with Crippen molar-refractivity contribution in [2.75, 3.05) is 53.4 Å². The fourth-order valence-corrected chi connectivity index (χ4v) is 7.41. The molecule has 9 heteroatoms. The Hall–Kier alpha value is -2.16. The van der Waals surface area contributed by atoms with E-state index in [2.05, 4.69) is 10.2 Å². The fraction of sp³-hybridized carbons (Fsp3) is 0.562. The first kappa shape index (κ1) is 30.3. The van der Waals surface area contributed by atoms with Crippen LogP contribution in [0.5, 0.6) is 0 Å². The third-order valence-corrected chi connectivity index (χ3v) is 9.97. The fourth-order valence-electron chi connectivity index (χ4n) is 7.12. The van der Waals surface area contributed by atoms with E-state index in [9.17, 15) is 9.59 Å². The van der Waals surface area contributed by atoms with Crippen LogP contribution in [0.2, 0.25) is 10.0 Å². The summed E-state index contributed by atoms with van der Waals surface area (Å²) < 4.78 is 6.65. The van der Waals surface area contributed by atoms with E-state index in [-0.39, 0.29) is 17.9 Å². The van der Waals surface area contributed by atoms with Crippen molar-refractivity contribution in [2.24, 2.45) is 0 Å². The van der Waals surface area contributed by atoms with Crippen molar-refractivity contribution in [1.29, 1.82) is 0 Å². The lowest BCUT2D eigenvalue weighted by Gasteiger charge is -2.52. The molecule has 41 heavy (non-hydrogen) atoms. The maximum atomic E-state index is 13.7. The molecule has 5 rings (SSSR count). The van der Waals surface area contributed by atoms with E-state index in [1.807, 2.05) is 67.5 Å². The number of benzene rings is 2. The van der Waals surface area contributed by atoms with Gasteiger partial charge in [0.25, 0.3) is 5.91 Å². The molecule has 0 aliphatic carbocycles. The van der Waals surface area contributed by atoms with Crippen LogP contribution in [0, 0.1) is 0 Å². The summed E-state index contributed by atoms with van der Waals surface area (Å²) in [6, 6.07) is 15.4. The molecule has 3 aliphatic rings. The first-order valence-electron chi connectivity index (χ1n) is 14.9. The number of rotatable bonds is 7. The average molecular weight is 602 g/mol. The predicted molar refractivity (Wildman–Crippen MR) is 164 cm³/mol. The Morgan fingerprint density at radius 1 is 1.02 bits per heavy atom. The highest BCUT2D eigenvalue weighted by molar-refractivity contribution is 6.42. The number of piperidine rings is 2. The van der Waals surface area contributed by atoms with Crippen LogP contribution in [0.4, 0.5) is 0 Å².